The van der Waals surface area contributed by atoms with Gasteiger partial charge in [-0.3, -0.25) is 14.3 Å². The first-order chi connectivity index (χ1) is 13.1. The molecule has 0 atom stereocenters. The van der Waals surface area contributed by atoms with Crippen molar-refractivity contribution in [2.45, 2.75) is 20.8 Å². The van der Waals surface area contributed by atoms with Gasteiger partial charge in [0.2, 0.25) is 10.0 Å². The first-order valence-electron chi connectivity index (χ1n) is 8.84. The van der Waals surface area contributed by atoms with Crippen LogP contribution in [0.25, 0.3) is 0 Å². The molecule has 8 heteroatoms. The molecule has 0 saturated carbocycles. The summed E-state index contributed by atoms with van der Waals surface area (Å²) in [6, 6.07) is 11.4. The van der Waals surface area contributed by atoms with Gasteiger partial charge in [0.1, 0.15) is 0 Å². The van der Waals surface area contributed by atoms with Gasteiger partial charge in [0.05, 0.1) is 23.2 Å². The Morgan fingerprint density at radius 2 is 1.68 bits per heavy atom. The molecule has 0 aliphatic carbocycles. The van der Waals surface area contributed by atoms with Crippen molar-refractivity contribution >= 4 is 33.2 Å². The molecule has 0 radical (unpaired) electrons. The molecule has 0 aliphatic rings. The van der Waals surface area contributed by atoms with Crippen molar-refractivity contribution < 1.29 is 18.0 Å². The fraction of sp³-hybridized carbons (Fsp3) is 0.300. The Balaban J connectivity index is 2.19. The molecular formula is C20H25N3O4S. The molecule has 0 unspecified atom stereocenters. The number of carbonyl (C=O) groups excluding carboxylic acids is 2. The van der Waals surface area contributed by atoms with E-state index in [1.807, 2.05) is 13.8 Å². The number of rotatable bonds is 7. The summed E-state index contributed by atoms with van der Waals surface area (Å²) in [7, 11) is -3.40. The van der Waals surface area contributed by atoms with Crippen molar-refractivity contribution in [3.05, 3.63) is 59.2 Å². The highest BCUT2D eigenvalue weighted by Gasteiger charge is 2.15. The molecule has 2 aromatic carbocycles. The molecule has 0 aliphatic heterocycles. The van der Waals surface area contributed by atoms with Crippen molar-refractivity contribution in [3.63, 3.8) is 0 Å². The molecule has 0 spiro atoms. The summed E-state index contributed by atoms with van der Waals surface area (Å²) in [6.07, 6.45) is 1.06. The number of carbonyl (C=O) groups is 2. The molecule has 28 heavy (non-hydrogen) atoms. The number of benzene rings is 2. The second kappa shape index (κ2) is 8.88. The van der Waals surface area contributed by atoms with Gasteiger partial charge in [-0.1, -0.05) is 26.0 Å². The second-order valence-corrected chi connectivity index (χ2v) is 8.76. The molecule has 3 N–H and O–H groups in total. The summed E-state index contributed by atoms with van der Waals surface area (Å²) in [4.78, 5) is 25.0. The quantitative estimate of drug-likeness (QED) is 0.661. The van der Waals surface area contributed by atoms with Crippen LogP contribution in [0.2, 0.25) is 0 Å². The molecule has 2 aromatic rings. The third-order valence-electron chi connectivity index (χ3n) is 3.87. The van der Waals surface area contributed by atoms with Crippen LogP contribution in [0, 0.1) is 12.8 Å². The van der Waals surface area contributed by atoms with Crippen LogP contribution in [0.1, 0.15) is 40.1 Å². The maximum Gasteiger partial charge on any atom is 0.255 e. The van der Waals surface area contributed by atoms with E-state index in [-0.39, 0.29) is 5.91 Å². The number of para-hydroxylation sites is 1. The number of anilines is 2. The van der Waals surface area contributed by atoms with Gasteiger partial charge in [0.15, 0.2) is 0 Å². The van der Waals surface area contributed by atoms with Gasteiger partial charge >= 0.3 is 0 Å². The zero-order valence-electron chi connectivity index (χ0n) is 16.4. The normalized spacial score (nSPS) is 11.2. The van der Waals surface area contributed by atoms with E-state index < -0.39 is 15.9 Å². The zero-order chi connectivity index (χ0) is 20.9. The smallest absolute Gasteiger partial charge is 0.255 e. The number of hydrogen-bond acceptors (Lipinski definition) is 4. The minimum absolute atomic E-state index is 0.256. The van der Waals surface area contributed by atoms with E-state index >= 15 is 0 Å². The van der Waals surface area contributed by atoms with Gasteiger partial charge in [-0.15, -0.1) is 0 Å². The molecule has 2 amide bonds. The number of amides is 2. The fourth-order valence-electron chi connectivity index (χ4n) is 2.50. The van der Waals surface area contributed by atoms with Crippen LogP contribution < -0.4 is 15.4 Å². The predicted molar refractivity (Wildman–Crippen MR) is 111 cm³/mol. The van der Waals surface area contributed by atoms with Crippen molar-refractivity contribution in [3.8, 4) is 0 Å². The van der Waals surface area contributed by atoms with Crippen molar-refractivity contribution in [1.82, 2.24) is 5.32 Å². The molecule has 2 rings (SSSR count). The van der Waals surface area contributed by atoms with Crippen LogP contribution in [-0.4, -0.2) is 33.0 Å². The maximum atomic E-state index is 12.6. The minimum Gasteiger partial charge on any atom is -0.352 e. The summed E-state index contributed by atoms with van der Waals surface area (Å²) in [5.74, 6) is -0.334. The van der Waals surface area contributed by atoms with Crippen molar-refractivity contribution in [1.29, 1.82) is 0 Å². The summed E-state index contributed by atoms with van der Waals surface area (Å²) in [5.41, 5.74) is 2.16. The van der Waals surface area contributed by atoms with Crippen LogP contribution in [0.5, 0.6) is 0 Å². The van der Waals surface area contributed by atoms with Crippen molar-refractivity contribution in [2.75, 3.05) is 22.8 Å². The van der Waals surface area contributed by atoms with Crippen LogP contribution >= 0.6 is 0 Å². The third kappa shape index (κ3) is 6.09. The van der Waals surface area contributed by atoms with E-state index in [2.05, 4.69) is 15.4 Å². The Morgan fingerprint density at radius 3 is 2.29 bits per heavy atom. The number of aryl methyl sites for hydroxylation is 1. The zero-order valence-corrected chi connectivity index (χ0v) is 17.2. The number of nitrogens with one attached hydrogen (secondary N) is 3. The number of sulfonamides is 1. The monoisotopic (exact) mass is 403 g/mol. The first kappa shape index (κ1) is 21.4. The standard InChI is InChI=1S/C20H25N3O4S/c1-13(2)12-21-20(25)16-7-5-6-8-18(16)22-19(24)15-9-10-17(14(3)11-15)23-28(4,26)27/h5-11,13,23H,12H2,1-4H3,(H,21,25)(H,22,24). The van der Waals surface area contributed by atoms with E-state index in [1.54, 1.807) is 37.3 Å². The summed E-state index contributed by atoms with van der Waals surface area (Å²) in [5, 5.41) is 5.59. The Morgan fingerprint density at radius 1 is 1.00 bits per heavy atom. The lowest BCUT2D eigenvalue weighted by molar-refractivity contribution is 0.0950. The van der Waals surface area contributed by atoms with E-state index in [0.717, 1.165) is 6.26 Å². The third-order valence-corrected chi connectivity index (χ3v) is 4.47. The van der Waals surface area contributed by atoms with E-state index in [4.69, 9.17) is 0 Å². The molecule has 0 heterocycles. The lowest BCUT2D eigenvalue weighted by Gasteiger charge is -2.13. The predicted octanol–water partition coefficient (Wildman–Crippen LogP) is 3.00. The van der Waals surface area contributed by atoms with Gasteiger partial charge in [-0.25, -0.2) is 8.42 Å². The maximum absolute atomic E-state index is 12.6. The van der Waals surface area contributed by atoms with Crippen LogP contribution in [0.15, 0.2) is 42.5 Å². The Bertz CT molecular complexity index is 985. The highest BCUT2D eigenvalue weighted by atomic mass is 32.2. The van der Waals surface area contributed by atoms with Crippen LogP contribution in [0.3, 0.4) is 0 Å². The van der Waals surface area contributed by atoms with Crippen molar-refractivity contribution in [2.24, 2.45) is 5.92 Å². The summed E-state index contributed by atoms with van der Waals surface area (Å²) in [6.45, 7) is 6.24. The lowest BCUT2D eigenvalue weighted by Crippen LogP contribution is -2.28. The highest BCUT2D eigenvalue weighted by Crippen LogP contribution is 2.20. The molecule has 7 nitrogen and oxygen atoms in total. The second-order valence-electron chi connectivity index (χ2n) is 7.01. The van der Waals surface area contributed by atoms with Crippen LogP contribution in [0.4, 0.5) is 11.4 Å². The van der Waals surface area contributed by atoms with Gasteiger partial charge in [0, 0.05) is 12.1 Å². The molecule has 0 fully saturated rings. The van der Waals surface area contributed by atoms with E-state index in [1.165, 1.54) is 12.1 Å². The number of hydrogen-bond donors (Lipinski definition) is 3. The van der Waals surface area contributed by atoms with E-state index in [0.29, 0.717) is 40.5 Å². The Kier molecular flexibility index (Phi) is 6.80. The lowest BCUT2D eigenvalue weighted by atomic mass is 10.1. The molecular weight excluding hydrogens is 378 g/mol. The average Bonchev–Trinajstić information content (AvgIpc) is 2.60. The highest BCUT2D eigenvalue weighted by molar-refractivity contribution is 7.92. The first-order valence-corrected chi connectivity index (χ1v) is 10.7. The molecule has 0 bridgehead atoms. The molecule has 0 aromatic heterocycles. The minimum atomic E-state index is -3.40. The van der Waals surface area contributed by atoms with Gasteiger partial charge < -0.3 is 10.6 Å². The van der Waals surface area contributed by atoms with Crippen LogP contribution in [-0.2, 0) is 10.0 Å². The average molecular weight is 404 g/mol. The van der Waals surface area contributed by atoms with E-state index in [9.17, 15) is 18.0 Å². The van der Waals surface area contributed by atoms with Gasteiger partial charge in [-0.05, 0) is 48.7 Å². The Hall–Kier alpha value is -2.87. The van der Waals surface area contributed by atoms with Gasteiger partial charge in [-0.2, -0.15) is 0 Å². The molecule has 150 valence electrons. The largest absolute Gasteiger partial charge is 0.352 e. The summed E-state index contributed by atoms with van der Waals surface area (Å²) >= 11 is 0. The molecule has 0 saturated heterocycles. The van der Waals surface area contributed by atoms with Gasteiger partial charge in [0.25, 0.3) is 11.8 Å². The Labute approximate surface area is 165 Å². The SMILES string of the molecule is Cc1cc(C(=O)Nc2ccccc2C(=O)NCC(C)C)ccc1NS(C)(=O)=O. The summed E-state index contributed by atoms with van der Waals surface area (Å²) < 4.78 is 25.2. The fourth-order valence-corrected chi connectivity index (χ4v) is 3.12. The topological polar surface area (TPSA) is 104 Å².